The van der Waals surface area contributed by atoms with Gasteiger partial charge in [0.15, 0.2) is 0 Å². The molecule has 3 rings (SSSR count). The number of aromatic nitrogens is 1. The first kappa shape index (κ1) is 14.9. The quantitative estimate of drug-likeness (QED) is 0.886. The number of pyridine rings is 1. The molecule has 0 radical (unpaired) electrons. The number of nitrogens with zero attached hydrogens (tertiary/aromatic N) is 1. The Labute approximate surface area is 129 Å². The van der Waals surface area contributed by atoms with Crippen molar-refractivity contribution in [3.05, 3.63) is 41.1 Å². The molecule has 2 heterocycles. The molecule has 1 aromatic heterocycles. The van der Waals surface area contributed by atoms with Crippen LogP contribution in [0, 0.1) is 13.8 Å². The number of carbonyl (C=O) groups excluding carboxylic acids is 1. The van der Waals surface area contributed by atoms with Crippen molar-refractivity contribution >= 4 is 16.8 Å². The fourth-order valence-corrected chi connectivity index (χ4v) is 2.86. The number of hydrogen-bond acceptors (Lipinski definition) is 4. The van der Waals surface area contributed by atoms with Crippen LogP contribution in [0.4, 0.5) is 0 Å². The van der Waals surface area contributed by atoms with Gasteiger partial charge in [-0.1, -0.05) is 6.07 Å². The van der Waals surface area contributed by atoms with E-state index in [1.165, 1.54) is 0 Å². The smallest absolute Gasteiger partial charge is 0.251 e. The number of aliphatic hydroxyl groups excluding tert-OH is 1. The molecule has 1 saturated heterocycles. The van der Waals surface area contributed by atoms with E-state index >= 15 is 0 Å². The van der Waals surface area contributed by atoms with E-state index in [0.29, 0.717) is 18.6 Å². The lowest BCUT2D eigenvalue weighted by molar-refractivity contribution is -0.0260. The van der Waals surface area contributed by atoms with Crippen LogP contribution in [0.5, 0.6) is 0 Å². The van der Waals surface area contributed by atoms with Crippen LogP contribution in [0.25, 0.3) is 10.9 Å². The van der Waals surface area contributed by atoms with Crippen molar-refractivity contribution in [2.45, 2.75) is 32.4 Å². The predicted octanol–water partition coefficient (Wildman–Crippen LogP) is 1.73. The topological polar surface area (TPSA) is 71.5 Å². The Hall–Kier alpha value is -1.98. The molecule has 22 heavy (non-hydrogen) atoms. The number of aryl methyl sites for hydroxylation is 2. The molecule has 1 aliphatic heterocycles. The molecule has 116 valence electrons. The zero-order chi connectivity index (χ0) is 15.7. The molecule has 5 nitrogen and oxygen atoms in total. The zero-order valence-electron chi connectivity index (χ0n) is 12.8. The van der Waals surface area contributed by atoms with Crippen molar-refractivity contribution in [1.29, 1.82) is 0 Å². The summed E-state index contributed by atoms with van der Waals surface area (Å²) in [6.45, 7) is 4.80. The molecule has 2 aromatic rings. The first-order chi connectivity index (χ1) is 10.5. The van der Waals surface area contributed by atoms with Gasteiger partial charge in [-0.05, 0) is 44.0 Å². The lowest BCUT2D eigenvalue weighted by atomic mass is 10.0. The molecule has 1 aliphatic rings. The average molecular weight is 300 g/mol. The highest BCUT2D eigenvalue weighted by molar-refractivity contribution is 5.98. The van der Waals surface area contributed by atoms with Gasteiger partial charge in [-0.25, -0.2) is 0 Å². The van der Waals surface area contributed by atoms with Crippen LogP contribution in [0.15, 0.2) is 24.3 Å². The van der Waals surface area contributed by atoms with Gasteiger partial charge in [-0.15, -0.1) is 0 Å². The van der Waals surface area contributed by atoms with Gasteiger partial charge in [0, 0.05) is 23.3 Å². The van der Waals surface area contributed by atoms with Crippen LogP contribution < -0.4 is 5.32 Å². The molecule has 0 saturated carbocycles. The summed E-state index contributed by atoms with van der Waals surface area (Å²) in [6, 6.07) is 7.29. The molecule has 0 aliphatic carbocycles. The van der Waals surface area contributed by atoms with Crippen LogP contribution in [-0.4, -0.2) is 41.4 Å². The number of carbonyl (C=O) groups is 1. The van der Waals surface area contributed by atoms with Crippen LogP contribution in [0.1, 0.15) is 28.0 Å². The Balaban J connectivity index is 1.84. The molecule has 5 heteroatoms. The molecule has 2 atom stereocenters. The van der Waals surface area contributed by atoms with Crippen molar-refractivity contribution in [2.24, 2.45) is 0 Å². The SMILES string of the molecule is Cc1cc(C)c2ccc(C(=O)N[C@@H]3CCOC[C@H]3O)cc2n1. The van der Waals surface area contributed by atoms with Crippen LogP contribution in [0.2, 0.25) is 0 Å². The highest BCUT2D eigenvalue weighted by Crippen LogP contribution is 2.19. The van der Waals surface area contributed by atoms with Crippen molar-refractivity contribution in [2.75, 3.05) is 13.2 Å². The number of aliphatic hydroxyl groups is 1. The number of nitrogens with one attached hydrogen (secondary N) is 1. The zero-order valence-corrected chi connectivity index (χ0v) is 12.8. The van der Waals surface area contributed by atoms with Crippen molar-refractivity contribution in [3.63, 3.8) is 0 Å². The maximum Gasteiger partial charge on any atom is 0.251 e. The van der Waals surface area contributed by atoms with E-state index in [1.807, 2.05) is 26.0 Å². The molecule has 0 unspecified atom stereocenters. The molecule has 2 N–H and O–H groups in total. The summed E-state index contributed by atoms with van der Waals surface area (Å²) < 4.78 is 5.17. The number of benzene rings is 1. The predicted molar refractivity (Wildman–Crippen MR) is 83.9 cm³/mol. The lowest BCUT2D eigenvalue weighted by Crippen LogP contribution is -2.48. The molecule has 0 bridgehead atoms. The van der Waals surface area contributed by atoms with E-state index in [1.54, 1.807) is 12.1 Å². The number of rotatable bonds is 2. The highest BCUT2D eigenvalue weighted by Gasteiger charge is 2.25. The largest absolute Gasteiger partial charge is 0.389 e. The van der Waals surface area contributed by atoms with Gasteiger partial charge < -0.3 is 15.2 Å². The molecular formula is C17H20N2O3. The summed E-state index contributed by atoms with van der Waals surface area (Å²) in [7, 11) is 0. The van der Waals surface area contributed by atoms with Gasteiger partial charge in [0.05, 0.1) is 24.3 Å². The molecular weight excluding hydrogens is 280 g/mol. The first-order valence-electron chi connectivity index (χ1n) is 7.49. The van der Waals surface area contributed by atoms with E-state index in [9.17, 15) is 9.90 Å². The Bertz CT molecular complexity index is 714. The van der Waals surface area contributed by atoms with Crippen molar-refractivity contribution < 1.29 is 14.6 Å². The monoisotopic (exact) mass is 300 g/mol. The van der Waals surface area contributed by atoms with E-state index < -0.39 is 6.10 Å². The Morgan fingerprint density at radius 2 is 2.18 bits per heavy atom. The Morgan fingerprint density at radius 1 is 1.36 bits per heavy atom. The third-order valence-electron chi connectivity index (χ3n) is 4.05. The number of hydrogen-bond donors (Lipinski definition) is 2. The van der Waals surface area contributed by atoms with Crippen LogP contribution in [-0.2, 0) is 4.74 Å². The van der Waals surface area contributed by atoms with E-state index in [-0.39, 0.29) is 18.6 Å². The van der Waals surface area contributed by atoms with Gasteiger partial charge in [0.25, 0.3) is 5.91 Å². The minimum absolute atomic E-state index is 0.186. The van der Waals surface area contributed by atoms with Crippen molar-refractivity contribution in [1.82, 2.24) is 10.3 Å². The maximum atomic E-state index is 12.4. The van der Waals surface area contributed by atoms with Gasteiger partial charge >= 0.3 is 0 Å². The second-order valence-corrected chi connectivity index (χ2v) is 5.82. The van der Waals surface area contributed by atoms with Crippen molar-refractivity contribution in [3.8, 4) is 0 Å². The number of amides is 1. The Kier molecular flexibility index (Phi) is 4.09. The van der Waals surface area contributed by atoms with Crippen LogP contribution in [0.3, 0.4) is 0 Å². The molecule has 1 aromatic carbocycles. The minimum atomic E-state index is -0.652. The molecule has 1 amide bonds. The second kappa shape index (κ2) is 6.02. The summed E-state index contributed by atoms with van der Waals surface area (Å²) in [5.41, 5.74) is 3.46. The van der Waals surface area contributed by atoms with Gasteiger partial charge in [0.1, 0.15) is 0 Å². The van der Waals surface area contributed by atoms with E-state index in [2.05, 4.69) is 10.3 Å². The third kappa shape index (κ3) is 2.96. The molecule has 1 fully saturated rings. The van der Waals surface area contributed by atoms with Gasteiger partial charge in [0.2, 0.25) is 0 Å². The summed E-state index contributed by atoms with van der Waals surface area (Å²) in [5, 5.41) is 13.8. The highest BCUT2D eigenvalue weighted by atomic mass is 16.5. The van der Waals surface area contributed by atoms with Gasteiger partial charge in [-0.3, -0.25) is 9.78 Å². The van der Waals surface area contributed by atoms with E-state index in [0.717, 1.165) is 22.2 Å². The lowest BCUT2D eigenvalue weighted by Gasteiger charge is -2.28. The number of ether oxygens (including phenoxy) is 1. The standard InChI is InChI=1S/C17H20N2O3/c1-10-7-11(2)18-15-8-12(3-4-13(10)15)17(21)19-14-5-6-22-9-16(14)20/h3-4,7-8,14,16,20H,5-6,9H2,1-2H3,(H,19,21)/t14-,16-/m1/s1. The van der Waals surface area contributed by atoms with E-state index in [4.69, 9.17) is 4.74 Å². The molecule has 0 spiro atoms. The first-order valence-corrected chi connectivity index (χ1v) is 7.49. The summed E-state index contributed by atoms with van der Waals surface area (Å²) in [6.07, 6.45) is -0.0301. The van der Waals surface area contributed by atoms with Crippen LogP contribution >= 0.6 is 0 Å². The number of fused-ring (bicyclic) bond motifs is 1. The fraction of sp³-hybridized carbons (Fsp3) is 0.412. The Morgan fingerprint density at radius 3 is 2.95 bits per heavy atom. The minimum Gasteiger partial charge on any atom is -0.389 e. The summed E-state index contributed by atoms with van der Waals surface area (Å²) >= 11 is 0. The summed E-state index contributed by atoms with van der Waals surface area (Å²) in [5.74, 6) is -0.186. The maximum absolute atomic E-state index is 12.4. The summed E-state index contributed by atoms with van der Waals surface area (Å²) in [4.78, 5) is 16.9. The normalized spacial score (nSPS) is 21.8. The average Bonchev–Trinajstić information content (AvgIpc) is 2.48. The second-order valence-electron chi connectivity index (χ2n) is 5.82. The fourth-order valence-electron chi connectivity index (χ4n) is 2.86. The third-order valence-corrected chi connectivity index (χ3v) is 4.05. The van der Waals surface area contributed by atoms with Gasteiger partial charge in [-0.2, -0.15) is 0 Å².